The molecule has 0 fully saturated rings. The number of benzene rings is 3. The molecule has 0 unspecified atom stereocenters. The van der Waals surface area contributed by atoms with Crippen LogP contribution in [0, 0.1) is 0 Å². The second-order valence-electron chi connectivity index (χ2n) is 6.61. The third kappa shape index (κ3) is 6.83. The fourth-order valence-corrected chi connectivity index (χ4v) is 4.47. The molecule has 0 radical (unpaired) electrons. The number of nitrogens with one attached hydrogen (secondary N) is 2. The fourth-order valence-electron chi connectivity index (χ4n) is 2.59. The number of hydrogen-bond acceptors (Lipinski definition) is 6. The van der Waals surface area contributed by atoms with Gasteiger partial charge in [0.15, 0.2) is 6.61 Å². The zero-order valence-electron chi connectivity index (χ0n) is 16.7. The van der Waals surface area contributed by atoms with Gasteiger partial charge in [-0.05, 0) is 66.7 Å². The summed E-state index contributed by atoms with van der Waals surface area (Å²) in [6.07, 6.45) is 0. The summed E-state index contributed by atoms with van der Waals surface area (Å²) in [6, 6.07) is 15.0. The van der Waals surface area contributed by atoms with Crippen LogP contribution in [0.1, 0.15) is 0 Å². The van der Waals surface area contributed by atoms with Gasteiger partial charge in [0.1, 0.15) is 5.75 Å². The minimum absolute atomic E-state index is 0.0292. The SMILES string of the molecule is NS(=O)(=O)c1ccc(NC(=O)COc2ccc(Cl)cc2NS(=O)(=O)c2ccc(Cl)cc2)cc1. The maximum atomic E-state index is 12.7. The van der Waals surface area contributed by atoms with Crippen molar-refractivity contribution in [3.63, 3.8) is 0 Å². The Labute approximate surface area is 200 Å². The maximum Gasteiger partial charge on any atom is 0.262 e. The number of sulfonamides is 2. The molecule has 0 saturated carbocycles. The van der Waals surface area contributed by atoms with Crippen molar-refractivity contribution in [2.75, 3.05) is 16.6 Å². The first kappa shape index (κ1) is 24.8. The molecule has 33 heavy (non-hydrogen) atoms. The Morgan fingerprint density at radius 3 is 2.03 bits per heavy atom. The number of rotatable bonds is 8. The van der Waals surface area contributed by atoms with Gasteiger partial charge in [-0.15, -0.1) is 0 Å². The molecular weight excluding hydrogens is 513 g/mol. The number of ether oxygens (including phenoxy) is 1. The Balaban J connectivity index is 1.70. The lowest BCUT2D eigenvalue weighted by Crippen LogP contribution is -2.21. The molecule has 0 aliphatic carbocycles. The van der Waals surface area contributed by atoms with Crippen molar-refractivity contribution in [1.82, 2.24) is 0 Å². The summed E-state index contributed by atoms with van der Waals surface area (Å²) in [5.41, 5.74) is 0.346. The van der Waals surface area contributed by atoms with E-state index in [9.17, 15) is 21.6 Å². The Morgan fingerprint density at radius 1 is 0.848 bits per heavy atom. The normalized spacial score (nSPS) is 11.6. The van der Waals surface area contributed by atoms with Gasteiger partial charge in [0.05, 0.1) is 15.5 Å². The molecule has 1 amide bonds. The van der Waals surface area contributed by atoms with Crippen LogP contribution in [0.3, 0.4) is 0 Å². The lowest BCUT2D eigenvalue weighted by molar-refractivity contribution is -0.118. The van der Waals surface area contributed by atoms with Crippen molar-refractivity contribution in [2.24, 2.45) is 5.14 Å². The first-order valence-electron chi connectivity index (χ1n) is 9.07. The van der Waals surface area contributed by atoms with E-state index in [1.807, 2.05) is 0 Å². The highest BCUT2D eigenvalue weighted by molar-refractivity contribution is 7.92. The van der Waals surface area contributed by atoms with Gasteiger partial charge in [-0.2, -0.15) is 0 Å². The van der Waals surface area contributed by atoms with Crippen molar-refractivity contribution in [3.05, 3.63) is 76.8 Å². The third-order valence-electron chi connectivity index (χ3n) is 4.14. The van der Waals surface area contributed by atoms with E-state index in [1.165, 1.54) is 66.7 Å². The van der Waals surface area contributed by atoms with E-state index < -0.39 is 32.6 Å². The largest absolute Gasteiger partial charge is 0.482 e. The average molecular weight is 530 g/mol. The fraction of sp³-hybridized carbons (Fsp3) is 0.0500. The number of nitrogens with two attached hydrogens (primary N) is 1. The third-order valence-corrected chi connectivity index (χ3v) is 6.93. The number of carbonyl (C=O) groups is 1. The van der Waals surface area contributed by atoms with E-state index in [0.29, 0.717) is 10.7 Å². The van der Waals surface area contributed by atoms with Crippen LogP contribution in [0.15, 0.2) is 76.5 Å². The summed E-state index contributed by atoms with van der Waals surface area (Å²) in [5, 5.41) is 8.18. The average Bonchev–Trinajstić information content (AvgIpc) is 2.73. The maximum absolute atomic E-state index is 12.7. The molecule has 3 aromatic carbocycles. The van der Waals surface area contributed by atoms with Gasteiger partial charge in [-0.3, -0.25) is 9.52 Å². The second kappa shape index (κ2) is 9.98. The Hall–Kier alpha value is -2.83. The Kier molecular flexibility index (Phi) is 7.50. The van der Waals surface area contributed by atoms with Crippen molar-refractivity contribution >= 4 is 60.5 Å². The predicted molar refractivity (Wildman–Crippen MR) is 126 cm³/mol. The van der Waals surface area contributed by atoms with E-state index in [0.717, 1.165) is 0 Å². The molecule has 4 N–H and O–H groups in total. The molecule has 0 aromatic heterocycles. The Bertz CT molecular complexity index is 1380. The van der Waals surface area contributed by atoms with Gasteiger partial charge in [0.25, 0.3) is 15.9 Å². The van der Waals surface area contributed by atoms with E-state index >= 15 is 0 Å². The molecular formula is C20H17Cl2N3O6S2. The van der Waals surface area contributed by atoms with Gasteiger partial charge in [-0.25, -0.2) is 22.0 Å². The van der Waals surface area contributed by atoms with Crippen LogP contribution in [0.4, 0.5) is 11.4 Å². The summed E-state index contributed by atoms with van der Waals surface area (Å²) in [5.74, 6) is -0.503. The molecule has 0 heterocycles. The van der Waals surface area contributed by atoms with Crippen LogP contribution in [0.5, 0.6) is 5.75 Å². The van der Waals surface area contributed by atoms with Gasteiger partial charge in [-0.1, -0.05) is 23.2 Å². The first-order chi connectivity index (χ1) is 15.4. The summed E-state index contributed by atoms with van der Waals surface area (Å²) >= 11 is 11.8. The molecule has 3 rings (SSSR count). The van der Waals surface area contributed by atoms with Crippen molar-refractivity contribution < 1.29 is 26.4 Å². The highest BCUT2D eigenvalue weighted by Gasteiger charge is 2.18. The smallest absolute Gasteiger partial charge is 0.262 e. The molecule has 0 atom stereocenters. The minimum atomic E-state index is -3.98. The lowest BCUT2D eigenvalue weighted by Gasteiger charge is -2.14. The minimum Gasteiger partial charge on any atom is -0.482 e. The summed E-state index contributed by atoms with van der Waals surface area (Å²) in [7, 11) is -7.83. The molecule has 3 aromatic rings. The molecule has 0 spiro atoms. The van der Waals surface area contributed by atoms with Crippen LogP contribution < -0.4 is 19.9 Å². The van der Waals surface area contributed by atoms with Crippen molar-refractivity contribution in [1.29, 1.82) is 0 Å². The quantitative estimate of drug-likeness (QED) is 0.407. The number of carbonyl (C=O) groups excluding carboxylic acids is 1. The Morgan fingerprint density at radius 2 is 1.42 bits per heavy atom. The van der Waals surface area contributed by atoms with Crippen molar-refractivity contribution in [2.45, 2.75) is 9.79 Å². The number of anilines is 2. The molecule has 0 saturated heterocycles. The van der Waals surface area contributed by atoms with E-state index in [1.54, 1.807) is 0 Å². The zero-order chi connectivity index (χ0) is 24.2. The standard InChI is InChI=1S/C20H17Cl2N3O6S2/c21-13-1-6-17(7-2-13)33(29,30)25-18-11-14(22)3-10-19(18)31-12-20(26)24-15-4-8-16(9-5-15)32(23,27)28/h1-11,25H,12H2,(H,24,26)(H2,23,27,28). The molecule has 13 heteroatoms. The van der Waals surface area contributed by atoms with Gasteiger partial charge in [0, 0.05) is 15.7 Å². The summed E-state index contributed by atoms with van der Waals surface area (Å²) < 4.78 is 55.8. The highest BCUT2D eigenvalue weighted by atomic mass is 35.5. The van der Waals surface area contributed by atoms with Crippen molar-refractivity contribution in [3.8, 4) is 5.75 Å². The highest BCUT2D eigenvalue weighted by Crippen LogP contribution is 2.30. The van der Waals surface area contributed by atoms with Crippen LogP contribution in [-0.4, -0.2) is 29.3 Å². The first-order valence-corrected chi connectivity index (χ1v) is 12.9. The second-order valence-corrected chi connectivity index (χ2v) is 10.7. The monoisotopic (exact) mass is 529 g/mol. The van der Waals surface area contributed by atoms with E-state index in [2.05, 4.69) is 10.0 Å². The molecule has 0 aliphatic rings. The zero-order valence-corrected chi connectivity index (χ0v) is 19.8. The number of halogens is 2. The van der Waals surface area contributed by atoms with Gasteiger partial charge in [0.2, 0.25) is 10.0 Å². The summed E-state index contributed by atoms with van der Waals surface area (Å²) in [4.78, 5) is 12.1. The predicted octanol–water partition coefficient (Wildman–Crippen LogP) is 3.46. The number of primary sulfonamides is 1. The molecule has 9 nitrogen and oxygen atoms in total. The van der Waals surface area contributed by atoms with Crippen LogP contribution in [-0.2, 0) is 24.8 Å². The number of amides is 1. The van der Waals surface area contributed by atoms with E-state index in [4.69, 9.17) is 33.1 Å². The molecule has 0 bridgehead atoms. The molecule has 0 aliphatic heterocycles. The lowest BCUT2D eigenvalue weighted by atomic mass is 10.3. The van der Waals surface area contributed by atoms with Crippen LogP contribution >= 0.6 is 23.2 Å². The number of hydrogen-bond donors (Lipinski definition) is 3. The molecule has 174 valence electrons. The van der Waals surface area contributed by atoms with Crippen LogP contribution in [0.2, 0.25) is 10.0 Å². The summed E-state index contributed by atoms with van der Waals surface area (Å²) in [6.45, 7) is -0.464. The van der Waals surface area contributed by atoms with Crippen LogP contribution in [0.25, 0.3) is 0 Å². The van der Waals surface area contributed by atoms with E-state index in [-0.39, 0.29) is 26.3 Å². The van der Waals surface area contributed by atoms with Gasteiger partial charge < -0.3 is 10.1 Å². The van der Waals surface area contributed by atoms with Gasteiger partial charge >= 0.3 is 0 Å². The topological polar surface area (TPSA) is 145 Å².